The number of anilines is 1. The minimum atomic E-state index is -0.137. The Balaban J connectivity index is 1.69. The van der Waals surface area contributed by atoms with Crippen LogP contribution in [0.15, 0.2) is 57.9 Å². The summed E-state index contributed by atoms with van der Waals surface area (Å²) in [5.41, 5.74) is 2.74. The number of aryl methyl sites for hydroxylation is 1. The van der Waals surface area contributed by atoms with Crippen LogP contribution in [0, 0.1) is 0 Å². The second-order valence-electron chi connectivity index (χ2n) is 6.14. The lowest BCUT2D eigenvalue weighted by atomic mass is 10.1. The van der Waals surface area contributed by atoms with Gasteiger partial charge < -0.3 is 9.88 Å². The summed E-state index contributed by atoms with van der Waals surface area (Å²) in [6.45, 7) is 2.85. The number of H-pyrrole nitrogens is 1. The van der Waals surface area contributed by atoms with Crippen molar-refractivity contribution < 1.29 is 0 Å². The molecule has 0 aliphatic carbocycles. The van der Waals surface area contributed by atoms with Crippen molar-refractivity contribution in [2.45, 2.75) is 19.8 Å². The average Bonchev–Trinajstić information content (AvgIpc) is 2.67. The summed E-state index contributed by atoms with van der Waals surface area (Å²) in [6.07, 6.45) is 3.42. The van der Waals surface area contributed by atoms with Crippen LogP contribution in [0.2, 0.25) is 0 Å². The number of likely N-dealkylation sites (N-methyl/N-ethyl adjacent to an activating group) is 1. The molecule has 0 aliphatic heterocycles. The topological polar surface area (TPSA) is 61.9 Å². The van der Waals surface area contributed by atoms with E-state index in [1.807, 2.05) is 26.1 Å². The number of pyridine rings is 1. The molecule has 0 unspecified atom stereocenters. The fourth-order valence-corrected chi connectivity index (χ4v) is 2.90. The highest BCUT2D eigenvalue weighted by atomic mass is 79.9. The van der Waals surface area contributed by atoms with Crippen molar-refractivity contribution in [3.05, 3.63) is 74.7 Å². The number of aromatic amines is 1. The summed E-state index contributed by atoms with van der Waals surface area (Å²) >= 11 is 3.45. The lowest BCUT2D eigenvalue weighted by Gasteiger charge is -2.18. The highest BCUT2D eigenvalue weighted by molar-refractivity contribution is 9.10. The number of halogens is 1. The van der Waals surface area contributed by atoms with Gasteiger partial charge in [0.2, 0.25) is 0 Å². The van der Waals surface area contributed by atoms with Crippen molar-refractivity contribution in [2.24, 2.45) is 0 Å². The molecule has 0 saturated carbocycles. The zero-order valence-corrected chi connectivity index (χ0v) is 16.5. The quantitative estimate of drug-likeness (QED) is 0.667. The van der Waals surface area contributed by atoms with E-state index in [-0.39, 0.29) is 5.56 Å². The normalized spacial score (nSPS) is 10.7. The van der Waals surface area contributed by atoms with Gasteiger partial charge in [-0.1, -0.05) is 35.0 Å². The highest BCUT2D eigenvalue weighted by Gasteiger charge is 2.07. The average molecular weight is 413 g/mol. The summed E-state index contributed by atoms with van der Waals surface area (Å²) in [6, 6.07) is 13.8. The van der Waals surface area contributed by atoms with Crippen LogP contribution >= 0.6 is 15.9 Å². The Labute approximate surface area is 161 Å². The molecule has 5 nitrogen and oxygen atoms in total. The second kappa shape index (κ2) is 8.27. The van der Waals surface area contributed by atoms with Gasteiger partial charge in [-0.05, 0) is 42.7 Å². The molecule has 134 valence electrons. The minimum Gasteiger partial charge on any atom is -0.359 e. The van der Waals surface area contributed by atoms with Crippen LogP contribution in [0.4, 0.5) is 5.82 Å². The second-order valence-corrected chi connectivity index (χ2v) is 7.06. The number of rotatable bonds is 6. The molecule has 6 heteroatoms. The lowest BCUT2D eigenvalue weighted by molar-refractivity contribution is 0.859. The monoisotopic (exact) mass is 412 g/mol. The van der Waals surface area contributed by atoms with Gasteiger partial charge in [-0.25, -0.2) is 9.97 Å². The van der Waals surface area contributed by atoms with E-state index < -0.39 is 0 Å². The Morgan fingerprint density at radius 2 is 1.92 bits per heavy atom. The SMILES string of the molecule is CCc1cc(=O)[nH]c(-c2ccc(N(C)CCc3ccc(Br)cc3)nc2)n1. The molecule has 1 N–H and O–H groups in total. The molecule has 0 radical (unpaired) electrons. The lowest BCUT2D eigenvalue weighted by Crippen LogP contribution is -2.21. The zero-order chi connectivity index (χ0) is 18.5. The molecule has 0 spiro atoms. The van der Waals surface area contributed by atoms with E-state index in [1.165, 1.54) is 11.6 Å². The third-order valence-electron chi connectivity index (χ3n) is 4.22. The summed E-state index contributed by atoms with van der Waals surface area (Å²) in [5, 5.41) is 0. The molecular weight excluding hydrogens is 392 g/mol. The van der Waals surface area contributed by atoms with Gasteiger partial charge in [-0.3, -0.25) is 4.79 Å². The molecule has 0 saturated heterocycles. The van der Waals surface area contributed by atoms with Crippen molar-refractivity contribution in [1.82, 2.24) is 15.0 Å². The predicted molar refractivity (Wildman–Crippen MR) is 109 cm³/mol. The first-order valence-electron chi connectivity index (χ1n) is 8.57. The van der Waals surface area contributed by atoms with Crippen molar-refractivity contribution in [3.63, 3.8) is 0 Å². The number of hydrogen-bond acceptors (Lipinski definition) is 4. The van der Waals surface area contributed by atoms with Crippen LogP contribution < -0.4 is 10.5 Å². The van der Waals surface area contributed by atoms with E-state index in [9.17, 15) is 4.79 Å². The zero-order valence-electron chi connectivity index (χ0n) is 14.9. The highest BCUT2D eigenvalue weighted by Crippen LogP contribution is 2.17. The van der Waals surface area contributed by atoms with Gasteiger partial charge >= 0.3 is 0 Å². The first-order valence-corrected chi connectivity index (χ1v) is 9.36. The maximum Gasteiger partial charge on any atom is 0.251 e. The summed E-state index contributed by atoms with van der Waals surface area (Å²) in [7, 11) is 2.03. The molecule has 0 bridgehead atoms. The Morgan fingerprint density at radius 3 is 2.58 bits per heavy atom. The summed E-state index contributed by atoms with van der Waals surface area (Å²) < 4.78 is 1.09. The fourth-order valence-electron chi connectivity index (χ4n) is 2.64. The Hall–Kier alpha value is -2.47. The van der Waals surface area contributed by atoms with Crippen LogP contribution in [0.25, 0.3) is 11.4 Å². The number of nitrogens with zero attached hydrogens (tertiary/aromatic N) is 3. The van der Waals surface area contributed by atoms with Crippen molar-refractivity contribution >= 4 is 21.7 Å². The standard InChI is InChI=1S/C20H21BrN4O/c1-3-17-12-19(26)24-20(23-17)15-6-9-18(22-13-15)25(2)11-10-14-4-7-16(21)8-5-14/h4-9,12-13H,3,10-11H2,1-2H3,(H,23,24,26). The maximum absolute atomic E-state index is 11.7. The van der Waals surface area contributed by atoms with Crippen molar-refractivity contribution in [3.8, 4) is 11.4 Å². The van der Waals surface area contributed by atoms with Crippen LogP contribution in [-0.4, -0.2) is 28.5 Å². The van der Waals surface area contributed by atoms with Crippen LogP contribution in [0.1, 0.15) is 18.2 Å². The maximum atomic E-state index is 11.7. The number of benzene rings is 1. The van der Waals surface area contributed by atoms with Gasteiger partial charge in [-0.2, -0.15) is 0 Å². The largest absolute Gasteiger partial charge is 0.359 e. The van der Waals surface area contributed by atoms with Crippen molar-refractivity contribution in [1.29, 1.82) is 0 Å². The number of hydrogen-bond donors (Lipinski definition) is 1. The van der Waals surface area contributed by atoms with Crippen LogP contribution in [0.3, 0.4) is 0 Å². The van der Waals surface area contributed by atoms with E-state index in [0.717, 1.165) is 40.9 Å². The van der Waals surface area contributed by atoms with Gasteiger partial charge in [0.25, 0.3) is 5.56 Å². The van der Waals surface area contributed by atoms with Crippen LogP contribution in [-0.2, 0) is 12.8 Å². The minimum absolute atomic E-state index is 0.137. The van der Waals surface area contributed by atoms with Gasteiger partial charge in [0, 0.05) is 41.6 Å². The first-order chi connectivity index (χ1) is 12.5. The molecule has 26 heavy (non-hydrogen) atoms. The molecule has 0 amide bonds. The van der Waals surface area contributed by atoms with Crippen LogP contribution in [0.5, 0.6) is 0 Å². The molecule has 0 fully saturated rings. The summed E-state index contributed by atoms with van der Waals surface area (Å²) in [5.74, 6) is 1.45. The molecule has 2 heterocycles. The molecule has 0 aliphatic rings. The van der Waals surface area contributed by atoms with E-state index >= 15 is 0 Å². The molecule has 3 rings (SSSR count). The third kappa shape index (κ3) is 4.58. The Morgan fingerprint density at radius 1 is 1.15 bits per heavy atom. The molecule has 1 aromatic carbocycles. The predicted octanol–water partition coefficient (Wildman–Crippen LogP) is 3.84. The van der Waals surface area contributed by atoms with E-state index in [0.29, 0.717) is 5.82 Å². The smallest absolute Gasteiger partial charge is 0.251 e. The molecule has 3 aromatic rings. The van der Waals surface area contributed by atoms with E-state index in [4.69, 9.17) is 0 Å². The molecule has 0 atom stereocenters. The Kier molecular flexibility index (Phi) is 5.83. The van der Waals surface area contributed by atoms with Gasteiger partial charge in [-0.15, -0.1) is 0 Å². The van der Waals surface area contributed by atoms with Crippen molar-refractivity contribution in [2.75, 3.05) is 18.5 Å². The van der Waals surface area contributed by atoms with E-state index in [1.54, 1.807) is 6.20 Å². The first kappa shape index (κ1) is 18.3. The molecule has 2 aromatic heterocycles. The Bertz CT molecular complexity index is 920. The van der Waals surface area contributed by atoms with Gasteiger partial charge in [0.15, 0.2) is 0 Å². The third-order valence-corrected chi connectivity index (χ3v) is 4.75. The number of aromatic nitrogens is 3. The number of nitrogens with one attached hydrogen (secondary N) is 1. The van der Waals surface area contributed by atoms with E-state index in [2.05, 4.69) is 60.0 Å². The molecular formula is C20H21BrN4O. The van der Waals surface area contributed by atoms with Gasteiger partial charge in [0.05, 0.1) is 0 Å². The fraction of sp³-hybridized carbons (Fsp3) is 0.250. The van der Waals surface area contributed by atoms with Gasteiger partial charge in [0.1, 0.15) is 11.6 Å². The summed E-state index contributed by atoms with van der Waals surface area (Å²) in [4.78, 5) is 25.6.